The highest BCUT2D eigenvalue weighted by molar-refractivity contribution is 5.77. The summed E-state index contributed by atoms with van der Waals surface area (Å²) in [5, 5.41) is 2.51. The van der Waals surface area contributed by atoms with Gasteiger partial charge in [0.25, 0.3) is 0 Å². The molecule has 2 rings (SSSR count). The zero-order valence-corrected chi connectivity index (χ0v) is 13.4. The molecule has 1 heterocycles. The molecule has 0 aliphatic carbocycles. The maximum atomic E-state index is 13.7. The van der Waals surface area contributed by atoms with Crippen LogP contribution in [0.2, 0.25) is 0 Å². The van der Waals surface area contributed by atoms with Crippen LogP contribution in [0, 0.1) is 11.7 Å². The van der Waals surface area contributed by atoms with Crippen molar-refractivity contribution in [3.05, 3.63) is 30.1 Å². The van der Waals surface area contributed by atoms with Gasteiger partial charge in [0, 0.05) is 19.6 Å². The second-order valence-electron chi connectivity index (χ2n) is 5.91. The second-order valence-corrected chi connectivity index (χ2v) is 5.91. The predicted octanol–water partition coefficient (Wildman–Crippen LogP) is 2.69. The van der Waals surface area contributed by atoms with Crippen LogP contribution in [0.4, 0.5) is 27.6 Å². The van der Waals surface area contributed by atoms with Gasteiger partial charge in [-0.25, -0.2) is 13.2 Å². The van der Waals surface area contributed by atoms with Crippen LogP contribution < -0.4 is 10.2 Å². The molecule has 1 aromatic carbocycles. The molecule has 140 valence electrons. The summed E-state index contributed by atoms with van der Waals surface area (Å²) in [7, 11) is 0. The Morgan fingerprint density at radius 2 is 2.08 bits per heavy atom. The lowest BCUT2D eigenvalue weighted by Gasteiger charge is -2.19. The van der Waals surface area contributed by atoms with E-state index < -0.39 is 31.5 Å². The molecule has 0 saturated carbocycles. The van der Waals surface area contributed by atoms with Gasteiger partial charge in [-0.1, -0.05) is 12.1 Å². The third-order valence-corrected chi connectivity index (χ3v) is 3.91. The van der Waals surface area contributed by atoms with Gasteiger partial charge >= 0.3 is 12.3 Å². The van der Waals surface area contributed by atoms with E-state index in [1.165, 1.54) is 6.07 Å². The van der Waals surface area contributed by atoms with Gasteiger partial charge in [0.05, 0.1) is 5.69 Å². The summed E-state index contributed by atoms with van der Waals surface area (Å²) in [4.78, 5) is 13.4. The standard InChI is InChI=1S/C16H19F5N2O2/c17-12-3-1-2-4-13(12)23-6-5-11(8-23)7-22-14(24)9-25-10-16(20,21)15(18)19/h1-4,11,15H,5-10H2,(H,22,24). The molecule has 1 saturated heterocycles. The second kappa shape index (κ2) is 8.46. The summed E-state index contributed by atoms with van der Waals surface area (Å²) in [5.41, 5.74) is 0.494. The zero-order chi connectivity index (χ0) is 18.4. The molecule has 1 aliphatic rings. The van der Waals surface area contributed by atoms with Gasteiger partial charge in [-0.15, -0.1) is 0 Å². The average Bonchev–Trinajstić information content (AvgIpc) is 3.02. The number of carbonyl (C=O) groups is 1. The summed E-state index contributed by atoms with van der Waals surface area (Å²) in [6.07, 6.45) is -3.10. The van der Waals surface area contributed by atoms with Gasteiger partial charge in [-0.3, -0.25) is 4.79 Å². The van der Waals surface area contributed by atoms with E-state index in [0.717, 1.165) is 6.42 Å². The lowest BCUT2D eigenvalue weighted by Crippen LogP contribution is -2.37. The molecule has 0 radical (unpaired) electrons. The maximum absolute atomic E-state index is 13.7. The van der Waals surface area contributed by atoms with Crippen LogP contribution in [0.5, 0.6) is 0 Å². The highest BCUT2D eigenvalue weighted by atomic mass is 19.3. The van der Waals surface area contributed by atoms with Crippen molar-refractivity contribution >= 4 is 11.6 Å². The van der Waals surface area contributed by atoms with E-state index in [4.69, 9.17) is 0 Å². The molecule has 1 N–H and O–H groups in total. The molecule has 9 heteroatoms. The normalized spacial score (nSPS) is 18.0. The van der Waals surface area contributed by atoms with Crippen LogP contribution in [0.15, 0.2) is 24.3 Å². The van der Waals surface area contributed by atoms with E-state index in [1.807, 2.05) is 4.90 Å². The SMILES string of the molecule is O=C(COCC(F)(F)C(F)F)NCC1CCN(c2ccccc2F)C1. The van der Waals surface area contributed by atoms with E-state index in [9.17, 15) is 26.7 Å². The molecular formula is C16H19F5N2O2. The van der Waals surface area contributed by atoms with E-state index in [2.05, 4.69) is 10.1 Å². The number of ether oxygens (including phenoxy) is 1. The Morgan fingerprint density at radius 1 is 1.36 bits per heavy atom. The van der Waals surface area contributed by atoms with E-state index in [0.29, 0.717) is 18.8 Å². The summed E-state index contributed by atoms with van der Waals surface area (Å²) in [6.45, 7) is -0.767. The number of nitrogens with one attached hydrogen (secondary N) is 1. The minimum Gasteiger partial charge on any atom is -0.369 e. The topological polar surface area (TPSA) is 41.6 Å². The fourth-order valence-corrected chi connectivity index (χ4v) is 2.58. The first-order chi connectivity index (χ1) is 11.8. The predicted molar refractivity (Wildman–Crippen MR) is 81.5 cm³/mol. The Morgan fingerprint density at radius 3 is 2.76 bits per heavy atom. The van der Waals surface area contributed by atoms with Crippen LogP contribution in [0.3, 0.4) is 0 Å². The zero-order valence-electron chi connectivity index (χ0n) is 13.4. The van der Waals surface area contributed by atoms with Gasteiger partial charge in [0.15, 0.2) is 0 Å². The number of para-hydroxylation sites is 1. The first-order valence-corrected chi connectivity index (χ1v) is 7.79. The van der Waals surface area contributed by atoms with Gasteiger partial charge < -0.3 is 15.0 Å². The molecule has 0 bridgehead atoms. The van der Waals surface area contributed by atoms with Crippen LogP contribution in [0.1, 0.15) is 6.42 Å². The van der Waals surface area contributed by atoms with Gasteiger partial charge in [0.2, 0.25) is 5.91 Å². The van der Waals surface area contributed by atoms with Crippen molar-refractivity contribution in [1.82, 2.24) is 5.32 Å². The Hall–Kier alpha value is -1.90. The monoisotopic (exact) mass is 366 g/mol. The van der Waals surface area contributed by atoms with Gasteiger partial charge in [0.1, 0.15) is 19.0 Å². The number of carbonyl (C=O) groups excluding carboxylic acids is 1. The van der Waals surface area contributed by atoms with Crippen molar-refractivity contribution in [2.75, 3.05) is 37.7 Å². The highest BCUT2D eigenvalue weighted by Gasteiger charge is 2.41. The quantitative estimate of drug-likeness (QED) is 0.720. The number of halogens is 5. The van der Waals surface area contributed by atoms with Crippen molar-refractivity contribution in [2.45, 2.75) is 18.8 Å². The van der Waals surface area contributed by atoms with Crippen molar-refractivity contribution < 1.29 is 31.5 Å². The Balaban J connectivity index is 1.69. The van der Waals surface area contributed by atoms with E-state index >= 15 is 0 Å². The molecule has 4 nitrogen and oxygen atoms in total. The van der Waals surface area contributed by atoms with Gasteiger partial charge in [-0.05, 0) is 24.5 Å². The van der Waals surface area contributed by atoms with Gasteiger partial charge in [-0.2, -0.15) is 8.78 Å². The number of amides is 1. The molecule has 1 aromatic rings. The fourth-order valence-electron chi connectivity index (χ4n) is 2.58. The van der Waals surface area contributed by atoms with Crippen LogP contribution in [-0.2, 0) is 9.53 Å². The van der Waals surface area contributed by atoms with Crippen molar-refractivity contribution in [1.29, 1.82) is 0 Å². The minimum absolute atomic E-state index is 0.0751. The van der Waals surface area contributed by atoms with Crippen LogP contribution >= 0.6 is 0 Å². The third kappa shape index (κ3) is 5.55. The smallest absolute Gasteiger partial charge is 0.330 e. The van der Waals surface area contributed by atoms with Crippen molar-refractivity contribution in [3.63, 3.8) is 0 Å². The summed E-state index contributed by atoms with van der Waals surface area (Å²) in [5.74, 6) is -5.17. The highest BCUT2D eigenvalue weighted by Crippen LogP contribution is 2.26. The molecule has 1 aliphatic heterocycles. The number of hydrogen-bond donors (Lipinski definition) is 1. The molecule has 1 atom stereocenters. The van der Waals surface area contributed by atoms with Crippen LogP contribution in [0.25, 0.3) is 0 Å². The number of rotatable bonds is 8. The number of anilines is 1. The van der Waals surface area contributed by atoms with E-state index in [-0.39, 0.29) is 18.3 Å². The lowest BCUT2D eigenvalue weighted by atomic mass is 10.1. The molecule has 1 amide bonds. The molecule has 25 heavy (non-hydrogen) atoms. The number of alkyl halides is 4. The largest absolute Gasteiger partial charge is 0.369 e. The van der Waals surface area contributed by atoms with Crippen LogP contribution in [-0.4, -0.2) is 51.1 Å². The summed E-state index contributed by atoms with van der Waals surface area (Å²) >= 11 is 0. The lowest BCUT2D eigenvalue weighted by molar-refractivity contribution is -0.168. The summed E-state index contributed by atoms with van der Waals surface area (Å²) in [6, 6.07) is 6.38. The third-order valence-electron chi connectivity index (χ3n) is 3.91. The minimum atomic E-state index is -4.27. The number of nitrogens with zero attached hydrogens (tertiary/aromatic N) is 1. The molecule has 0 spiro atoms. The molecule has 0 aromatic heterocycles. The molecule has 1 fully saturated rings. The van der Waals surface area contributed by atoms with Crippen molar-refractivity contribution in [3.8, 4) is 0 Å². The Labute approximate surface area is 141 Å². The average molecular weight is 366 g/mol. The molecule has 1 unspecified atom stereocenters. The summed E-state index contributed by atoms with van der Waals surface area (Å²) < 4.78 is 67.2. The Bertz CT molecular complexity index is 585. The number of hydrogen-bond acceptors (Lipinski definition) is 3. The fraction of sp³-hybridized carbons (Fsp3) is 0.562. The van der Waals surface area contributed by atoms with E-state index in [1.54, 1.807) is 18.2 Å². The first-order valence-electron chi connectivity index (χ1n) is 7.79. The molecular weight excluding hydrogens is 347 g/mol. The number of benzene rings is 1. The Kier molecular flexibility index (Phi) is 6.57. The first kappa shape index (κ1) is 19.4. The van der Waals surface area contributed by atoms with Crippen molar-refractivity contribution in [2.24, 2.45) is 5.92 Å². The maximum Gasteiger partial charge on any atom is 0.330 e.